The molecule has 0 aromatic rings. The zero-order chi connectivity index (χ0) is 62.5. The van der Waals surface area contributed by atoms with Gasteiger partial charge in [-0.3, -0.25) is 37.3 Å². The zero-order valence-electron chi connectivity index (χ0n) is 54.5. The van der Waals surface area contributed by atoms with Crippen LogP contribution in [-0.4, -0.2) is 96.7 Å². The van der Waals surface area contributed by atoms with Crippen molar-refractivity contribution in [2.75, 3.05) is 39.6 Å². The van der Waals surface area contributed by atoms with Crippen LogP contribution in [0.15, 0.2) is 0 Å². The summed E-state index contributed by atoms with van der Waals surface area (Å²) in [6.07, 6.45) is 34.9. The highest BCUT2D eigenvalue weighted by Crippen LogP contribution is 2.45. The Kier molecular flexibility index (Phi) is 53.9. The van der Waals surface area contributed by atoms with Crippen molar-refractivity contribution in [1.82, 2.24) is 0 Å². The second kappa shape index (κ2) is 55.2. The van der Waals surface area contributed by atoms with E-state index in [0.717, 1.165) is 120 Å². The molecule has 0 rings (SSSR count). The first kappa shape index (κ1) is 82.1. The lowest BCUT2D eigenvalue weighted by Crippen LogP contribution is -2.30. The summed E-state index contributed by atoms with van der Waals surface area (Å²) in [6.45, 7) is 14.0. The number of phosphoric acid groups is 2. The highest BCUT2D eigenvalue weighted by atomic mass is 31.2. The van der Waals surface area contributed by atoms with E-state index >= 15 is 0 Å². The van der Waals surface area contributed by atoms with Gasteiger partial charge < -0.3 is 33.8 Å². The normalized spacial score (nSPS) is 15.1. The van der Waals surface area contributed by atoms with E-state index in [-0.39, 0.29) is 25.7 Å². The predicted molar refractivity (Wildman–Crippen MR) is 335 cm³/mol. The van der Waals surface area contributed by atoms with Crippen molar-refractivity contribution in [1.29, 1.82) is 0 Å². The molecule has 19 heteroatoms. The number of phosphoric ester groups is 2. The molecule has 4 unspecified atom stereocenters. The lowest BCUT2D eigenvalue weighted by molar-refractivity contribution is -0.161. The summed E-state index contributed by atoms with van der Waals surface area (Å²) < 4.78 is 68.0. The van der Waals surface area contributed by atoms with Gasteiger partial charge in [0.15, 0.2) is 12.2 Å². The fourth-order valence-electron chi connectivity index (χ4n) is 9.54. The highest BCUT2D eigenvalue weighted by Gasteiger charge is 2.30. The Morgan fingerprint density at radius 2 is 0.571 bits per heavy atom. The number of esters is 4. The third-order valence-electron chi connectivity index (χ3n) is 15.5. The monoisotopic (exact) mass is 1240 g/mol. The van der Waals surface area contributed by atoms with Crippen LogP contribution in [0.5, 0.6) is 0 Å². The smallest absolute Gasteiger partial charge is 0.462 e. The van der Waals surface area contributed by atoms with Crippen LogP contribution in [0.2, 0.25) is 0 Å². The van der Waals surface area contributed by atoms with Crippen LogP contribution in [0.1, 0.15) is 312 Å². The van der Waals surface area contributed by atoms with E-state index < -0.39 is 97.5 Å². The predicted octanol–water partition coefficient (Wildman–Crippen LogP) is 17.8. The van der Waals surface area contributed by atoms with Gasteiger partial charge in [-0.05, 0) is 49.4 Å². The molecular weight excluding hydrogens is 1110 g/mol. The first-order valence-electron chi connectivity index (χ1n) is 33.8. The number of hydrogen-bond acceptors (Lipinski definition) is 15. The number of carbonyl (C=O) groups is 4. The molecule has 0 aliphatic rings. The van der Waals surface area contributed by atoms with Crippen molar-refractivity contribution in [2.24, 2.45) is 23.7 Å². The van der Waals surface area contributed by atoms with Crippen molar-refractivity contribution < 1.29 is 80.2 Å². The summed E-state index contributed by atoms with van der Waals surface area (Å²) in [4.78, 5) is 72.3. The maximum atomic E-state index is 13.0. The molecule has 0 aromatic carbocycles. The van der Waals surface area contributed by atoms with E-state index in [9.17, 15) is 43.2 Å². The molecule has 0 saturated heterocycles. The van der Waals surface area contributed by atoms with Gasteiger partial charge in [0.25, 0.3) is 0 Å². The van der Waals surface area contributed by atoms with Crippen LogP contribution in [-0.2, 0) is 65.4 Å². The minimum atomic E-state index is -4.95. The highest BCUT2D eigenvalue weighted by molar-refractivity contribution is 7.47. The molecule has 3 N–H and O–H groups in total. The SMILES string of the molecule is CCC(C)CCCCCCCCCCC(=O)O[C@H](COC(=O)CCCCCCCCC(C)CC)COP(=O)(O)OC[C@@H](O)COP(=O)(O)OC[C@@H](COC(=O)CCCCCCCCC(C)C)OC(=O)CCCCCCCCCCCCC(C)C. The molecule has 0 aromatic heterocycles. The molecule has 7 atom stereocenters. The first-order valence-corrected chi connectivity index (χ1v) is 36.8. The van der Waals surface area contributed by atoms with Crippen LogP contribution in [0.4, 0.5) is 0 Å². The van der Waals surface area contributed by atoms with Crippen LogP contribution in [0.25, 0.3) is 0 Å². The van der Waals surface area contributed by atoms with Crippen LogP contribution < -0.4 is 0 Å². The van der Waals surface area contributed by atoms with Gasteiger partial charge in [0.05, 0.1) is 26.4 Å². The topological polar surface area (TPSA) is 237 Å². The summed E-state index contributed by atoms with van der Waals surface area (Å²) in [5, 5.41) is 10.5. The van der Waals surface area contributed by atoms with Gasteiger partial charge in [-0.2, -0.15) is 0 Å². The second-order valence-corrected chi connectivity index (χ2v) is 27.8. The number of carbonyl (C=O) groups excluding carboxylic acids is 4. The van der Waals surface area contributed by atoms with Gasteiger partial charge in [0.2, 0.25) is 0 Å². The number of aliphatic hydroxyl groups is 1. The fraction of sp³-hybridized carbons (Fsp3) is 0.938. The van der Waals surface area contributed by atoms with Crippen molar-refractivity contribution in [3.63, 3.8) is 0 Å². The number of ether oxygens (including phenoxy) is 4. The van der Waals surface area contributed by atoms with Gasteiger partial charge >= 0.3 is 39.5 Å². The van der Waals surface area contributed by atoms with Crippen molar-refractivity contribution >= 4 is 39.5 Å². The summed E-state index contributed by atoms with van der Waals surface area (Å²) in [5.41, 5.74) is 0. The Hall–Kier alpha value is -1.94. The van der Waals surface area contributed by atoms with Crippen LogP contribution in [0.3, 0.4) is 0 Å². The number of unbranched alkanes of at least 4 members (excludes halogenated alkanes) is 26. The van der Waals surface area contributed by atoms with E-state index in [1.807, 2.05) is 0 Å². The van der Waals surface area contributed by atoms with Gasteiger partial charge in [-0.25, -0.2) is 9.13 Å². The average Bonchev–Trinajstić information content (AvgIpc) is 3.50. The lowest BCUT2D eigenvalue weighted by atomic mass is 9.99. The quantitative estimate of drug-likeness (QED) is 0.0222. The third-order valence-corrected chi connectivity index (χ3v) is 17.4. The molecule has 0 aliphatic carbocycles. The molecule has 0 radical (unpaired) electrons. The molecular formula is C65H126O17P2. The molecule has 0 heterocycles. The van der Waals surface area contributed by atoms with E-state index in [1.54, 1.807) is 0 Å². The Morgan fingerprint density at radius 3 is 0.845 bits per heavy atom. The second-order valence-electron chi connectivity index (χ2n) is 24.9. The first-order chi connectivity index (χ1) is 40.2. The van der Waals surface area contributed by atoms with Crippen molar-refractivity contribution in [3.05, 3.63) is 0 Å². The number of aliphatic hydroxyl groups excluding tert-OH is 1. The van der Waals surface area contributed by atoms with Gasteiger partial charge in [0, 0.05) is 25.7 Å². The standard InChI is InChI=1S/C65H126O17P2/c1-9-57(7)43-35-27-18-15-16-20-32-40-48-65(70)82-61(52-76-63(68)46-38-30-24-22-28-36-44-58(8)10-2)54-80-84(73,74)78-50-59(66)49-77-83(71,72)79-53-60(51-75-62(67)45-37-29-23-21-26-34-42-56(5)6)81-64(69)47-39-31-19-14-12-11-13-17-25-33-41-55(3)4/h55-61,66H,9-54H2,1-8H3,(H,71,72)(H,73,74)/t57?,58?,59-,60+,61+/m0/s1. The Balaban J connectivity index is 5.26. The van der Waals surface area contributed by atoms with Crippen LogP contribution in [0, 0.1) is 23.7 Å². The molecule has 498 valence electrons. The largest absolute Gasteiger partial charge is 0.472 e. The van der Waals surface area contributed by atoms with E-state index in [2.05, 4.69) is 55.4 Å². The number of rotatable bonds is 62. The van der Waals surface area contributed by atoms with Gasteiger partial charge in [0.1, 0.15) is 19.3 Å². The van der Waals surface area contributed by atoms with E-state index in [4.69, 9.17) is 37.0 Å². The van der Waals surface area contributed by atoms with Crippen molar-refractivity contribution in [2.45, 2.75) is 331 Å². The minimum Gasteiger partial charge on any atom is -0.462 e. The Bertz CT molecular complexity index is 1680. The maximum absolute atomic E-state index is 13.0. The third kappa shape index (κ3) is 56.6. The average molecular weight is 1240 g/mol. The molecule has 0 spiro atoms. The zero-order valence-corrected chi connectivity index (χ0v) is 56.3. The molecule has 0 amide bonds. The molecule has 0 saturated carbocycles. The maximum Gasteiger partial charge on any atom is 0.472 e. The molecule has 0 bridgehead atoms. The summed E-state index contributed by atoms with van der Waals surface area (Å²) >= 11 is 0. The summed E-state index contributed by atoms with van der Waals surface area (Å²) in [5.74, 6) is 0.791. The van der Waals surface area contributed by atoms with E-state index in [0.29, 0.717) is 31.6 Å². The Labute approximate surface area is 511 Å². The van der Waals surface area contributed by atoms with Crippen LogP contribution >= 0.6 is 15.6 Å². The van der Waals surface area contributed by atoms with Crippen molar-refractivity contribution in [3.8, 4) is 0 Å². The van der Waals surface area contributed by atoms with E-state index in [1.165, 1.54) is 103 Å². The molecule has 0 fully saturated rings. The summed E-state index contributed by atoms with van der Waals surface area (Å²) in [6, 6.07) is 0. The summed E-state index contributed by atoms with van der Waals surface area (Å²) in [7, 11) is -9.89. The number of hydrogen-bond donors (Lipinski definition) is 3. The lowest BCUT2D eigenvalue weighted by Gasteiger charge is -2.21. The fourth-order valence-corrected chi connectivity index (χ4v) is 11.1. The van der Waals surface area contributed by atoms with Gasteiger partial charge in [-0.15, -0.1) is 0 Å². The molecule has 84 heavy (non-hydrogen) atoms. The Morgan fingerprint density at radius 1 is 0.333 bits per heavy atom. The minimum absolute atomic E-state index is 0.103. The molecule has 17 nitrogen and oxygen atoms in total. The van der Waals surface area contributed by atoms with Gasteiger partial charge in [-0.1, -0.05) is 261 Å². The molecule has 0 aliphatic heterocycles.